The van der Waals surface area contributed by atoms with E-state index in [9.17, 15) is 14.4 Å². The molecule has 160 valence electrons. The Balaban J connectivity index is 1.52. The number of carbonyl (C=O) groups is 2. The van der Waals surface area contributed by atoms with E-state index in [1.54, 1.807) is 22.6 Å². The summed E-state index contributed by atoms with van der Waals surface area (Å²) in [5.74, 6) is -0.127. The molecule has 1 fully saturated rings. The highest BCUT2D eigenvalue weighted by molar-refractivity contribution is 5.99. The van der Waals surface area contributed by atoms with Crippen molar-refractivity contribution in [1.82, 2.24) is 14.4 Å². The molecular weight excluding hydrogens is 392 g/mol. The van der Waals surface area contributed by atoms with Crippen molar-refractivity contribution in [2.24, 2.45) is 5.92 Å². The molecule has 4 heterocycles. The van der Waals surface area contributed by atoms with Gasteiger partial charge in [0.1, 0.15) is 6.04 Å². The van der Waals surface area contributed by atoms with Crippen molar-refractivity contribution in [3.05, 3.63) is 76.2 Å². The number of nitrogens with one attached hydrogen (secondary N) is 1. The van der Waals surface area contributed by atoms with E-state index in [0.29, 0.717) is 31.7 Å². The Morgan fingerprint density at radius 3 is 2.52 bits per heavy atom. The summed E-state index contributed by atoms with van der Waals surface area (Å²) in [6, 6.07) is 12.1. The number of hydrogen-bond acceptors (Lipinski definition) is 4. The zero-order valence-electron chi connectivity index (χ0n) is 17.5. The number of piperidine rings is 1. The van der Waals surface area contributed by atoms with Crippen LogP contribution in [0.1, 0.15) is 34.4 Å². The molecule has 0 radical (unpaired) electrons. The van der Waals surface area contributed by atoms with Crippen LogP contribution in [-0.4, -0.2) is 59.4 Å². The Bertz CT molecular complexity index is 1110. The minimum atomic E-state index is -0.574. The molecule has 3 aliphatic rings. The minimum absolute atomic E-state index is 0.0343. The number of rotatable bonds is 3. The van der Waals surface area contributed by atoms with Gasteiger partial charge < -0.3 is 15.1 Å². The van der Waals surface area contributed by atoms with Gasteiger partial charge in [-0.1, -0.05) is 30.4 Å². The monoisotopic (exact) mass is 418 g/mol. The number of benzene rings is 1. The summed E-state index contributed by atoms with van der Waals surface area (Å²) >= 11 is 0. The van der Waals surface area contributed by atoms with Crippen molar-refractivity contribution >= 4 is 17.5 Å². The number of nitrogens with zero attached hydrogens (tertiary/aromatic N) is 3. The van der Waals surface area contributed by atoms with Gasteiger partial charge in [0.25, 0.3) is 11.5 Å². The first-order chi connectivity index (χ1) is 15.1. The van der Waals surface area contributed by atoms with Gasteiger partial charge in [0, 0.05) is 62.5 Å². The molecule has 0 unspecified atom stereocenters. The molecule has 7 nitrogen and oxygen atoms in total. The maximum Gasteiger partial charge on any atom is 0.255 e. The summed E-state index contributed by atoms with van der Waals surface area (Å²) in [5, 5.41) is 3.09. The number of hydrogen-bond donors (Lipinski definition) is 1. The average molecular weight is 418 g/mol. The number of likely N-dealkylation sites (tertiary alicyclic amines) is 1. The van der Waals surface area contributed by atoms with Crippen molar-refractivity contribution < 1.29 is 9.59 Å². The number of fused-ring (bicyclic) bond motifs is 4. The van der Waals surface area contributed by atoms with E-state index in [4.69, 9.17) is 0 Å². The maximum absolute atomic E-state index is 13.5. The molecular formula is C24H26N4O3. The second-order valence-corrected chi connectivity index (χ2v) is 8.52. The van der Waals surface area contributed by atoms with Crippen LogP contribution in [-0.2, 0) is 4.79 Å². The Hall–Kier alpha value is -3.35. The molecule has 0 spiro atoms. The van der Waals surface area contributed by atoms with Crippen molar-refractivity contribution in [3.8, 4) is 0 Å². The number of anilines is 1. The number of pyridine rings is 1. The Labute approximate surface area is 181 Å². The van der Waals surface area contributed by atoms with Gasteiger partial charge in [-0.25, -0.2) is 0 Å². The molecule has 2 bridgehead atoms. The van der Waals surface area contributed by atoms with Crippen LogP contribution < -0.4 is 10.9 Å². The molecule has 1 aromatic heterocycles. The van der Waals surface area contributed by atoms with Crippen LogP contribution in [0.15, 0.2) is 59.4 Å². The first-order valence-corrected chi connectivity index (χ1v) is 10.8. The van der Waals surface area contributed by atoms with Gasteiger partial charge in [-0.3, -0.25) is 19.0 Å². The highest BCUT2D eigenvalue weighted by Gasteiger charge is 2.46. The molecule has 0 saturated carbocycles. The molecule has 2 aromatic rings. The molecule has 1 aromatic carbocycles. The Morgan fingerprint density at radius 2 is 1.74 bits per heavy atom. The lowest BCUT2D eigenvalue weighted by Crippen LogP contribution is -2.54. The van der Waals surface area contributed by atoms with Gasteiger partial charge >= 0.3 is 0 Å². The first kappa shape index (κ1) is 19.6. The molecule has 1 N–H and O–H groups in total. The fourth-order valence-corrected chi connectivity index (χ4v) is 5.32. The van der Waals surface area contributed by atoms with E-state index in [1.807, 2.05) is 47.4 Å². The van der Waals surface area contributed by atoms with E-state index in [-0.39, 0.29) is 29.2 Å². The van der Waals surface area contributed by atoms with Crippen LogP contribution >= 0.6 is 0 Å². The van der Waals surface area contributed by atoms with E-state index in [0.717, 1.165) is 17.8 Å². The molecule has 1 saturated heterocycles. The van der Waals surface area contributed by atoms with Crippen molar-refractivity contribution in [2.75, 3.05) is 38.5 Å². The van der Waals surface area contributed by atoms with Crippen molar-refractivity contribution in [3.63, 3.8) is 0 Å². The fourth-order valence-electron chi connectivity index (χ4n) is 5.32. The predicted molar refractivity (Wildman–Crippen MR) is 118 cm³/mol. The van der Waals surface area contributed by atoms with Gasteiger partial charge in [0.2, 0.25) is 5.91 Å². The van der Waals surface area contributed by atoms with Gasteiger partial charge in [0.05, 0.1) is 5.56 Å². The average Bonchev–Trinajstić information content (AvgIpc) is 3.34. The standard InChI is InChI=1S/C24H26N4O3/c1-25-19-8-3-2-7-18(19)23(30)27-14-16-13-17(15-27)22(24(31)26-11-4-5-12-26)28-20(16)9-6-10-21(28)29/h2-10,16-17,22,25H,11-15H2,1H3/t16-,17+,22-/m1/s1. The maximum atomic E-state index is 13.5. The molecule has 2 amide bonds. The van der Waals surface area contributed by atoms with Gasteiger partial charge in [0.15, 0.2) is 0 Å². The highest BCUT2D eigenvalue weighted by atomic mass is 16.2. The smallest absolute Gasteiger partial charge is 0.255 e. The van der Waals surface area contributed by atoms with Crippen LogP contribution in [0.5, 0.6) is 0 Å². The lowest BCUT2D eigenvalue weighted by atomic mass is 9.77. The minimum Gasteiger partial charge on any atom is -0.387 e. The van der Waals surface area contributed by atoms with Gasteiger partial charge in [-0.15, -0.1) is 0 Å². The van der Waals surface area contributed by atoms with Crippen LogP contribution in [0.4, 0.5) is 5.69 Å². The van der Waals surface area contributed by atoms with E-state index >= 15 is 0 Å². The fraction of sp³-hybridized carbons (Fsp3) is 0.375. The summed E-state index contributed by atoms with van der Waals surface area (Å²) in [4.78, 5) is 43.4. The first-order valence-electron chi connectivity index (χ1n) is 10.8. The number of amides is 2. The quantitative estimate of drug-likeness (QED) is 0.775. The zero-order valence-corrected chi connectivity index (χ0v) is 17.5. The van der Waals surface area contributed by atoms with Crippen LogP contribution in [0, 0.1) is 5.92 Å². The molecule has 7 heteroatoms. The normalized spacial score (nSPS) is 24.1. The van der Waals surface area contributed by atoms with Crippen LogP contribution in [0.25, 0.3) is 0 Å². The number of para-hydroxylation sites is 1. The summed E-state index contributed by atoms with van der Waals surface area (Å²) < 4.78 is 1.70. The largest absolute Gasteiger partial charge is 0.387 e. The second kappa shape index (κ2) is 7.72. The van der Waals surface area contributed by atoms with Crippen LogP contribution in [0.3, 0.4) is 0 Å². The summed E-state index contributed by atoms with van der Waals surface area (Å²) in [6.45, 7) is 2.15. The van der Waals surface area contributed by atoms with E-state index in [2.05, 4.69) is 5.32 Å². The van der Waals surface area contributed by atoms with Crippen molar-refractivity contribution in [2.45, 2.75) is 18.4 Å². The van der Waals surface area contributed by atoms with Crippen molar-refractivity contribution in [1.29, 1.82) is 0 Å². The predicted octanol–water partition coefficient (Wildman–Crippen LogP) is 2.09. The summed E-state index contributed by atoms with van der Waals surface area (Å²) in [5.41, 5.74) is 2.13. The van der Waals surface area contributed by atoms with Gasteiger partial charge in [-0.05, 0) is 24.6 Å². The third-order valence-corrected chi connectivity index (χ3v) is 6.74. The molecule has 5 rings (SSSR count). The van der Waals surface area contributed by atoms with E-state index < -0.39 is 6.04 Å². The second-order valence-electron chi connectivity index (χ2n) is 8.52. The topological polar surface area (TPSA) is 74.7 Å². The van der Waals surface area contributed by atoms with Crippen LogP contribution in [0.2, 0.25) is 0 Å². The third kappa shape index (κ3) is 3.24. The molecule has 0 aliphatic carbocycles. The molecule has 31 heavy (non-hydrogen) atoms. The summed E-state index contributed by atoms with van der Waals surface area (Å²) in [6.07, 6.45) is 4.76. The highest BCUT2D eigenvalue weighted by Crippen LogP contribution is 2.42. The number of carbonyl (C=O) groups excluding carboxylic acids is 2. The zero-order chi connectivity index (χ0) is 21.5. The SMILES string of the molecule is CNc1ccccc1C(=O)N1C[C@H]2C[C@@H](C1)[C@H](C(=O)N1CC=CC1)n1c2cccc1=O. The third-order valence-electron chi connectivity index (χ3n) is 6.74. The van der Waals surface area contributed by atoms with Gasteiger partial charge in [-0.2, -0.15) is 0 Å². The number of aromatic nitrogens is 1. The lowest BCUT2D eigenvalue weighted by molar-refractivity contribution is -0.136. The molecule has 3 aliphatic heterocycles. The summed E-state index contributed by atoms with van der Waals surface area (Å²) in [7, 11) is 1.80. The Morgan fingerprint density at radius 1 is 0.968 bits per heavy atom. The molecule has 3 atom stereocenters. The lowest BCUT2D eigenvalue weighted by Gasteiger charge is -2.47. The van der Waals surface area contributed by atoms with E-state index in [1.165, 1.54) is 6.07 Å². The Kier molecular flexibility index (Phi) is 4.88.